The first-order chi connectivity index (χ1) is 13.5. The molecule has 0 aliphatic carbocycles. The minimum absolute atomic E-state index is 0.285. The van der Waals surface area contributed by atoms with E-state index in [1.54, 1.807) is 0 Å². The second-order valence-corrected chi connectivity index (χ2v) is 8.47. The van der Waals surface area contributed by atoms with Crippen molar-refractivity contribution in [1.29, 1.82) is 0 Å². The SMILES string of the molecule is Cc1nnc(CN=C(NCC2CCCO2)NC[C@H]2CCCN2CC(C)C)n1C. The Morgan fingerprint density at radius 2 is 2.04 bits per heavy atom. The van der Waals surface area contributed by atoms with Crippen LogP contribution in [-0.2, 0) is 18.3 Å². The second kappa shape index (κ2) is 10.2. The van der Waals surface area contributed by atoms with Crippen molar-refractivity contribution < 1.29 is 4.74 Å². The molecule has 0 radical (unpaired) electrons. The maximum Gasteiger partial charge on any atom is 0.191 e. The van der Waals surface area contributed by atoms with Crippen LogP contribution in [0.2, 0.25) is 0 Å². The van der Waals surface area contributed by atoms with E-state index in [4.69, 9.17) is 9.73 Å². The van der Waals surface area contributed by atoms with Crippen LogP contribution >= 0.6 is 0 Å². The molecule has 2 N–H and O–H groups in total. The molecule has 2 saturated heterocycles. The number of ether oxygens (including phenoxy) is 1. The largest absolute Gasteiger partial charge is 0.376 e. The van der Waals surface area contributed by atoms with E-state index in [-0.39, 0.29) is 6.10 Å². The van der Waals surface area contributed by atoms with Crippen LogP contribution in [0.4, 0.5) is 0 Å². The molecule has 28 heavy (non-hydrogen) atoms. The van der Waals surface area contributed by atoms with Gasteiger partial charge in [0.15, 0.2) is 11.8 Å². The van der Waals surface area contributed by atoms with Crippen LogP contribution in [-0.4, -0.2) is 70.6 Å². The van der Waals surface area contributed by atoms with E-state index in [9.17, 15) is 0 Å². The average Bonchev–Trinajstić information content (AvgIpc) is 3.39. The minimum atomic E-state index is 0.285. The fourth-order valence-corrected chi connectivity index (χ4v) is 3.98. The minimum Gasteiger partial charge on any atom is -0.376 e. The van der Waals surface area contributed by atoms with E-state index in [1.807, 2.05) is 18.5 Å². The van der Waals surface area contributed by atoms with Gasteiger partial charge in [0.25, 0.3) is 0 Å². The molecule has 3 heterocycles. The monoisotopic (exact) mass is 391 g/mol. The first-order valence-electron chi connectivity index (χ1n) is 10.8. The molecule has 1 aromatic heterocycles. The van der Waals surface area contributed by atoms with Gasteiger partial charge in [-0.2, -0.15) is 0 Å². The van der Waals surface area contributed by atoms with Gasteiger partial charge in [-0.15, -0.1) is 10.2 Å². The molecule has 0 bridgehead atoms. The van der Waals surface area contributed by atoms with Crippen molar-refractivity contribution in [3.63, 3.8) is 0 Å². The highest BCUT2D eigenvalue weighted by atomic mass is 16.5. The van der Waals surface area contributed by atoms with E-state index in [0.717, 1.165) is 50.1 Å². The van der Waals surface area contributed by atoms with Gasteiger partial charge in [0.05, 0.1) is 6.10 Å². The summed E-state index contributed by atoms with van der Waals surface area (Å²) in [4.78, 5) is 7.39. The highest BCUT2D eigenvalue weighted by Crippen LogP contribution is 2.18. The van der Waals surface area contributed by atoms with E-state index in [0.29, 0.717) is 18.5 Å². The predicted molar refractivity (Wildman–Crippen MR) is 111 cm³/mol. The standard InChI is InChI=1S/C20H37N7O/c1-15(2)14-27-9-5-7-17(27)11-21-20(22-12-18-8-6-10-28-18)23-13-19-25-24-16(3)26(19)4/h15,17-18H,5-14H2,1-4H3,(H2,21,22,23)/t17-,18?/m1/s1. The van der Waals surface area contributed by atoms with Crippen molar-refractivity contribution in [1.82, 2.24) is 30.3 Å². The maximum absolute atomic E-state index is 5.75. The summed E-state index contributed by atoms with van der Waals surface area (Å²) in [5.41, 5.74) is 0. The Balaban J connectivity index is 1.58. The second-order valence-electron chi connectivity index (χ2n) is 8.47. The Bertz CT molecular complexity index is 636. The van der Waals surface area contributed by atoms with Crippen molar-refractivity contribution in [2.45, 2.75) is 65.1 Å². The van der Waals surface area contributed by atoms with Crippen LogP contribution in [0.5, 0.6) is 0 Å². The molecule has 2 aliphatic heterocycles. The molecule has 0 spiro atoms. The van der Waals surface area contributed by atoms with Gasteiger partial charge in [-0.1, -0.05) is 13.8 Å². The van der Waals surface area contributed by atoms with Gasteiger partial charge in [0, 0.05) is 39.3 Å². The molecule has 0 aromatic carbocycles. The van der Waals surface area contributed by atoms with Gasteiger partial charge in [0.1, 0.15) is 12.4 Å². The molecule has 8 nitrogen and oxygen atoms in total. The van der Waals surface area contributed by atoms with E-state index in [1.165, 1.54) is 25.9 Å². The summed E-state index contributed by atoms with van der Waals surface area (Å²) in [5.74, 6) is 3.32. The molecule has 158 valence electrons. The van der Waals surface area contributed by atoms with E-state index >= 15 is 0 Å². The fraction of sp³-hybridized carbons (Fsp3) is 0.850. The molecule has 2 aliphatic rings. The maximum atomic E-state index is 5.75. The lowest BCUT2D eigenvalue weighted by atomic mass is 10.1. The van der Waals surface area contributed by atoms with Gasteiger partial charge in [-0.05, 0) is 45.1 Å². The number of rotatable bonds is 8. The highest BCUT2D eigenvalue weighted by Gasteiger charge is 2.25. The lowest BCUT2D eigenvalue weighted by Crippen LogP contribution is -2.47. The Morgan fingerprint density at radius 1 is 1.21 bits per heavy atom. The molecule has 0 saturated carbocycles. The Kier molecular flexibility index (Phi) is 7.67. The fourth-order valence-electron chi connectivity index (χ4n) is 3.98. The quantitative estimate of drug-likeness (QED) is 0.516. The van der Waals surface area contributed by atoms with Crippen molar-refractivity contribution in [2.75, 3.05) is 32.8 Å². The van der Waals surface area contributed by atoms with Crippen molar-refractivity contribution in [2.24, 2.45) is 18.0 Å². The summed E-state index contributed by atoms with van der Waals surface area (Å²) < 4.78 is 7.74. The van der Waals surface area contributed by atoms with Crippen LogP contribution in [0, 0.1) is 12.8 Å². The van der Waals surface area contributed by atoms with Crippen LogP contribution in [0.1, 0.15) is 51.2 Å². The average molecular weight is 392 g/mol. The van der Waals surface area contributed by atoms with Crippen molar-refractivity contribution in [3.8, 4) is 0 Å². The topological polar surface area (TPSA) is 79.6 Å². The van der Waals surface area contributed by atoms with Gasteiger partial charge in [-0.25, -0.2) is 4.99 Å². The first kappa shape index (κ1) is 21.0. The summed E-state index contributed by atoms with van der Waals surface area (Å²) in [5, 5.41) is 15.4. The molecule has 2 atom stereocenters. The smallest absolute Gasteiger partial charge is 0.191 e. The zero-order chi connectivity index (χ0) is 19.9. The van der Waals surface area contributed by atoms with Gasteiger partial charge >= 0.3 is 0 Å². The van der Waals surface area contributed by atoms with Crippen molar-refractivity contribution in [3.05, 3.63) is 11.6 Å². The number of likely N-dealkylation sites (tertiary alicyclic amines) is 1. The zero-order valence-electron chi connectivity index (χ0n) is 17.9. The third kappa shape index (κ3) is 5.91. The molecular weight excluding hydrogens is 354 g/mol. The third-order valence-electron chi connectivity index (χ3n) is 5.69. The highest BCUT2D eigenvalue weighted by molar-refractivity contribution is 5.79. The number of aliphatic imine (C=N–C) groups is 1. The van der Waals surface area contributed by atoms with E-state index in [2.05, 4.69) is 39.6 Å². The van der Waals surface area contributed by atoms with Crippen LogP contribution in [0.3, 0.4) is 0 Å². The number of nitrogens with zero attached hydrogens (tertiary/aromatic N) is 5. The van der Waals surface area contributed by atoms with E-state index < -0.39 is 0 Å². The summed E-state index contributed by atoms with van der Waals surface area (Å²) in [7, 11) is 1.98. The summed E-state index contributed by atoms with van der Waals surface area (Å²) in [6.45, 7) is 12.0. The van der Waals surface area contributed by atoms with Crippen molar-refractivity contribution >= 4 is 5.96 Å². The number of nitrogens with one attached hydrogen (secondary N) is 2. The van der Waals surface area contributed by atoms with Crippen LogP contribution in [0.25, 0.3) is 0 Å². The number of guanidine groups is 1. The van der Waals surface area contributed by atoms with Gasteiger partial charge < -0.3 is 19.9 Å². The first-order valence-corrected chi connectivity index (χ1v) is 10.8. The number of hydrogen-bond donors (Lipinski definition) is 2. The summed E-state index contributed by atoms with van der Waals surface area (Å²) >= 11 is 0. The molecule has 0 amide bonds. The van der Waals surface area contributed by atoms with Gasteiger partial charge in [0.2, 0.25) is 0 Å². The molecule has 1 aromatic rings. The number of hydrogen-bond acceptors (Lipinski definition) is 5. The normalized spacial score (nSPS) is 23.7. The number of aryl methyl sites for hydroxylation is 1. The Morgan fingerprint density at radius 3 is 2.71 bits per heavy atom. The zero-order valence-corrected chi connectivity index (χ0v) is 17.9. The van der Waals surface area contributed by atoms with Crippen LogP contribution in [0.15, 0.2) is 4.99 Å². The molecule has 1 unspecified atom stereocenters. The molecular formula is C20H37N7O. The Labute approximate surface area is 169 Å². The number of aromatic nitrogens is 3. The molecule has 2 fully saturated rings. The lowest BCUT2D eigenvalue weighted by Gasteiger charge is -2.27. The summed E-state index contributed by atoms with van der Waals surface area (Å²) in [6, 6.07) is 0.578. The van der Waals surface area contributed by atoms with Gasteiger partial charge in [-0.3, -0.25) is 4.90 Å². The summed E-state index contributed by atoms with van der Waals surface area (Å²) in [6.07, 6.45) is 5.09. The Hall–Kier alpha value is -1.67. The predicted octanol–water partition coefficient (Wildman–Crippen LogP) is 1.46. The molecule has 3 rings (SSSR count). The lowest BCUT2D eigenvalue weighted by molar-refractivity contribution is 0.113. The third-order valence-corrected chi connectivity index (χ3v) is 5.69. The van der Waals surface area contributed by atoms with Crippen LogP contribution < -0.4 is 10.6 Å². The molecule has 8 heteroatoms.